The van der Waals surface area contributed by atoms with Crippen molar-refractivity contribution in [2.24, 2.45) is 0 Å². The fourth-order valence-corrected chi connectivity index (χ4v) is 2.91. The molecule has 2 N–H and O–H groups in total. The van der Waals surface area contributed by atoms with Crippen LogP contribution in [0, 0.1) is 0 Å². The number of anilines is 1. The molecule has 4 nitrogen and oxygen atoms in total. The number of rotatable bonds is 2. The van der Waals surface area contributed by atoms with E-state index in [1.165, 1.54) is 6.07 Å². The largest absolute Gasteiger partial charge is 1.00 e. The molecule has 0 radical (unpaired) electrons. The molecule has 25 heavy (non-hydrogen) atoms. The SMILES string of the molecule is O=C(Nc1ccc(Cl)cc1)c1cc2c(cc1[O-])[nH]c1ccccc12.[Na+]. The van der Waals surface area contributed by atoms with Crippen LogP contribution in [0.2, 0.25) is 5.02 Å². The average molecular weight is 359 g/mol. The topological polar surface area (TPSA) is 67.9 Å². The first-order valence-corrected chi connectivity index (χ1v) is 7.78. The summed E-state index contributed by atoms with van der Waals surface area (Å²) >= 11 is 5.83. The monoisotopic (exact) mass is 358 g/mol. The van der Waals surface area contributed by atoms with Crippen LogP contribution in [0.5, 0.6) is 5.75 Å². The number of halogens is 1. The van der Waals surface area contributed by atoms with E-state index in [-0.39, 0.29) is 40.9 Å². The van der Waals surface area contributed by atoms with E-state index in [1.807, 2.05) is 24.3 Å². The summed E-state index contributed by atoms with van der Waals surface area (Å²) in [6.07, 6.45) is 0. The summed E-state index contributed by atoms with van der Waals surface area (Å²) in [6.45, 7) is 0. The first-order chi connectivity index (χ1) is 11.6. The van der Waals surface area contributed by atoms with Gasteiger partial charge in [0, 0.05) is 38.1 Å². The van der Waals surface area contributed by atoms with E-state index in [2.05, 4.69) is 10.3 Å². The number of carbonyl (C=O) groups is 1. The van der Waals surface area contributed by atoms with Crippen LogP contribution in [0.3, 0.4) is 0 Å². The Hall–Kier alpha value is -1.98. The van der Waals surface area contributed by atoms with Gasteiger partial charge in [0.25, 0.3) is 5.91 Å². The molecule has 4 rings (SSSR count). The predicted octanol–water partition coefficient (Wildman–Crippen LogP) is 1.30. The maximum Gasteiger partial charge on any atom is 1.00 e. The van der Waals surface area contributed by atoms with Crippen LogP contribution in [-0.2, 0) is 0 Å². The fourth-order valence-electron chi connectivity index (χ4n) is 2.79. The van der Waals surface area contributed by atoms with E-state index in [1.54, 1.807) is 30.3 Å². The molecule has 0 aliphatic carbocycles. The van der Waals surface area contributed by atoms with Crippen molar-refractivity contribution in [1.82, 2.24) is 4.98 Å². The second-order valence-electron chi connectivity index (χ2n) is 5.53. The molecule has 0 aliphatic heterocycles. The Morgan fingerprint density at radius 1 is 0.960 bits per heavy atom. The molecule has 1 amide bonds. The van der Waals surface area contributed by atoms with Gasteiger partial charge in [-0.15, -0.1) is 0 Å². The number of aromatic nitrogens is 1. The van der Waals surface area contributed by atoms with Crippen LogP contribution in [0.25, 0.3) is 21.8 Å². The predicted molar refractivity (Wildman–Crippen MR) is 94.7 cm³/mol. The zero-order valence-corrected chi connectivity index (χ0v) is 16.2. The molecule has 0 atom stereocenters. The van der Waals surface area contributed by atoms with E-state index in [0.717, 1.165) is 21.8 Å². The van der Waals surface area contributed by atoms with Crippen molar-refractivity contribution in [3.05, 3.63) is 71.2 Å². The van der Waals surface area contributed by atoms with Crippen molar-refractivity contribution in [3.63, 3.8) is 0 Å². The van der Waals surface area contributed by atoms with Gasteiger partial charge in [0.05, 0.1) is 0 Å². The third-order valence-electron chi connectivity index (χ3n) is 3.95. The molecule has 1 heterocycles. The Balaban J connectivity index is 0.00000182. The minimum Gasteiger partial charge on any atom is -0.872 e. The van der Waals surface area contributed by atoms with Gasteiger partial charge in [0.2, 0.25) is 0 Å². The molecule has 4 aromatic rings. The number of fused-ring (bicyclic) bond motifs is 3. The van der Waals surface area contributed by atoms with Crippen molar-refractivity contribution in [2.45, 2.75) is 0 Å². The molecule has 0 bridgehead atoms. The Morgan fingerprint density at radius 3 is 2.44 bits per heavy atom. The van der Waals surface area contributed by atoms with Crippen molar-refractivity contribution in [1.29, 1.82) is 0 Å². The summed E-state index contributed by atoms with van der Waals surface area (Å²) in [5.41, 5.74) is 2.36. The summed E-state index contributed by atoms with van der Waals surface area (Å²) in [5.74, 6) is -0.755. The molecular weight excluding hydrogens is 347 g/mol. The number of hydrogen-bond donors (Lipinski definition) is 2. The third kappa shape index (κ3) is 3.39. The van der Waals surface area contributed by atoms with Crippen LogP contribution in [0.15, 0.2) is 60.7 Å². The van der Waals surface area contributed by atoms with Crippen LogP contribution in [0.1, 0.15) is 10.4 Å². The van der Waals surface area contributed by atoms with Gasteiger partial charge in [-0.2, -0.15) is 0 Å². The smallest absolute Gasteiger partial charge is 0.872 e. The first-order valence-electron chi connectivity index (χ1n) is 7.40. The van der Waals surface area contributed by atoms with Crippen LogP contribution >= 0.6 is 11.6 Å². The number of nitrogens with one attached hydrogen (secondary N) is 2. The van der Waals surface area contributed by atoms with E-state index in [4.69, 9.17) is 11.6 Å². The fraction of sp³-hybridized carbons (Fsp3) is 0. The minimum atomic E-state index is -0.436. The molecule has 0 fully saturated rings. The maximum absolute atomic E-state index is 12.5. The van der Waals surface area contributed by atoms with E-state index in [0.29, 0.717) is 10.7 Å². The summed E-state index contributed by atoms with van der Waals surface area (Å²) in [7, 11) is 0. The third-order valence-corrected chi connectivity index (χ3v) is 4.21. The maximum atomic E-state index is 12.5. The van der Waals surface area contributed by atoms with Gasteiger partial charge >= 0.3 is 29.6 Å². The number of hydrogen-bond acceptors (Lipinski definition) is 2. The zero-order chi connectivity index (χ0) is 16.7. The van der Waals surface area contributed by atoms with Gasteiger partial charge in [0.15, 0.2) is 0 Å². The number of H-pyrrole nitrogens is 1. The van der Waals surface area contributed by atoms with Gasteiger partial charge in [0.1, 0.15) is 0 Å². The Kier molecular flexibility index (Phi) is 5.06. The zero-order valence-electron chi connectivity index (χ0n) is 13.5. The Bertz CT molecular complexity index is 1070. The second kappa shape index (κ2) is 7.10. The molecule has 0 spiro atoms. The summed E-state index contributed by atoms with van der Waals surface area (Å²) in [6, 6.07) is 17.6. The molecule has 0 aliphatic rings. The van der Waals surface area contributed by atoms with Gasteiger partial charge in [-0.05, 0) is 42.5 Å². The number of carbonyl (C=O) groups excluding carboxylic acids is 1. The molecule has 0 saturated carbocycles. The van der Waals surface area contributed by atoms with Gasteiger partial charge < -0.3 is 15.4 Å². The molecule has 3 aromatic carbocycles. The number of amides is 1. The number of para-hydroxylation sites is 1. The molecular formula is C19H12ClN2NaO2. The van der Waals surface area contributed by atoms with E-state index >= 15 is 0 Å². The molecule has 0 saturated heterocycles. The van der Waals surface area contributed by atoms with Crippen LogP contribution in [-0.4, -0.2) is 10.9 Å². The Labute approximate surface area is 171 Å². The number of benzene rings is 3. The van der Waals surface area contributed by atoms with E-state index in [9.17, 15) is 9.90 Å². The van der Waals surface area contributed by atoms with Gasteiger partial charge in [-0.1, -0.05) is 35.5 Å². The van der Waals surface area contributed by atoms with Crippen molar-refractivity contribution in [2.75, 3.05) is 5.32 Å². The van der Waals surface area contributed by atoms with E-state index < -0.39 is 5.91 Å². The second-order valence-corrected chi connectivity index (χ2v) is 5.96. The number of aromatic amines is 1. The van der Waals surface area contributed by atoms with Crippen molar-refractivity contribution < 1.29 is 39.5 Å². The molecule has 1 aromatic heterocycles. The summed E-state index contributed by atoms with van der Waals surface area (Å²) in [4.78, 5) is 15.7. The van der Waals surface area contributed by atoms with Crippen molar-refractivity contribution in [3.8, 4) is 5.75 Å². The van der Waals surface area contributed by atoms with Crippen molar-refractivity contribution >= 4 is 45.0 Å². The average Bonchev–Trinajstić information content (AvgIpc) is 2.93. The normalized spacial score (nSPS) is 10.6. The van der Waals surface area contributed by atoms with Crippen LogP contribution < -0.4 is 40.0 Å². The molecule has 118 valence electrons. The first kappa shape index (κ1) is 17.8. The summed E-state index contributed by atoms with van der Waals surface area (Å²) in [5, 5.41) is 17.4. The molecule has 6 heteroatoms. The standard InChI is InChI=1S/C19H13ClN2O2.Na/c20-11-5-7-12(8-6-11)21-19(24)15-9-14-13-3-1-2-4-16(13)22-17(14)10-18(15)23;/h1-10,22-23H,(H,21,24);/q;+1/p-1. The van der Waals surface area contributed by atoms with Crippen LogP contribution in [0.4, 0.5) is 5.69 Å². The minimum absolute atomic E-state index is 0. The van der Waals surface area contributed by atoms with Gasteiger partial charge in [-0.3, -0.25) is 4.79 Å². The summed E-state index contributed by atoms with van der Waals surface area (Å²) < 4.78 is 0. The molecule has 0 unspecified atom stereocenters. The van der Waals surface area contributed by atoms with Gasteiger partial charge in [-0.25, -0.2) is 0 Å². The Morgan fingerprint density at radius 2 is 1.68 bits per heavy atom. The quantitative estimate of drug-likeness (QED) is 0.530.